The van der Waals surface area contributed by atoms with Crippen LogP contribution >= 0.6 is 0 Å². The SMILES string of the molecule is CC1(C)CC2(CC(C)(C)c3ccc(Oc4ccccc4N)cc32)c2cc(Oc3ccccc3N)ccc21. The van der Waals surface area contributed by atoms with Crippen LogP contribution in [-0.2, 0) is 16.2 Å². The standard InChI is InChI=1S/C33H34N2O2/c1-31(2)19-33(25-17-21(13-15-23(25)31)36-29-11-7-5-9-27(29)34)20-32(3,4)24-16-14-22(18-26(24)33)37-30-12-8-6-10-28(30)35/h5-18H,19-20,34-35H2,1-4H3. The molecule has 0 saturated carbocycles. The number of nitrogens with two attached hydrogens (primary N) is 2. The minimum Gasteiger partial charge on any atom is -0.455 e. The van der Waals surface area contributed by atoms with Crippen molar-refractivity contribution in [3.05, 3.63) is 107 Å². The summed E-state index contributed by atoms with van der Waals surface area (Å²) in [6.07, 6.45) is 2.05. The quantitative estimate of drug-likeness (QED) is 0.284. The van der Waals surface area contributed by atoms with Crippen LogP contribution in [0.25, 0.3) is 0 Å². The van der Waals surface area contributed by atoms with Gasteiger partial charge in [0.1, 0.15) is 23.0 Å². The Hall–Kier alpha value is -3.92. The Bertz CT molecular complexity index is 1400. The van der Waals surface area contributed by atoms with Gasteiger partial charge in [0, 0.05) is 5.41 Å². The number of nitrogen functional groups attached to an aromatic ring is 2. The first-order valence-electron chi connectivity index (χ1n) is 12.9. The van der Waals surface area contributed by atoms with Gasteiger partial charge in [0.25, 0.3) is 0 Å². The van der Waals surface area contributed by atoms with Crippen LogP contribution in [0.4, 0.5) is 11.4 Å². The van der Waals surface area contributed by atoms with Gasteiger partial charge >= 0.3 is 0 Å². The predicted molar refractivity (Wildman–Crippen MR) is 151 cm³/mol. The van der Waals surface area contributed by atoms with Crippen LogP contribution in [0, 0.1) is 0 Å². The number of rotatable bonds is 4. The number of fused-ring (bicyclic) bond motifs is 4. The van der Waals surface area contributed by atoms with E-state index in [1.807, 2.05) is 48.5 Å². The number of para-hydroxylation sites is 4. The molecule has 0 aliphatic heterocycles. The van der Waals surface area contributed by atoms with Crippen LogP contribution < -0.4 is 20.9 Å². The van der Waals surface area contributed by atoms with Crippen LogP contribution in [0.3, 0.4) is 0 Å². The first-order valence-corrected chi connectivity index (χ1v) is 12.9. The zero-order valence-corrected chi connectivity index (χ0v) is 22.0. The minimum atomic E-state index is -0.138. The molecule has 0 unspecified atom stereocenters. The van der Waals surface area contributed by atoms with E-state index in [9.17, 15) is 0 Å². The molecule has 4 nitrogen and oxygen atoms in total. The first-order chi connectivity index (χ1) is 17.6. The Morgan fingerprint density at radius 3 is 1.35 bits per heavy atom. The van der Waals surface area contributed by atoms with E-state index in [0.717, 1.165) is 24.3 Å². The molecular formula is C33H34N2O2. The molecule has 188 valence electrons. The van der Waals surface area contributed by atoms with Crippen LogP contribution in [0.2, 0.25) is 0 Å². The van der Waals surface area contributed by atoms with Crippen LogP contribution in [0.5, 0.6) is 23.0 Å². The zero-order chi connectivity index (χ0) is 26.0. The molecule has 6 rings (SSSR count). The Labute approximate surface area is 219 Å². The second-order valence-electron chi connectivity index (χ2n) is 11.9. The fourth-order valence-electron chi connectivity index (χ4n) is 6.83. The lowest BCUT2D eigenvalue weighted by atomic mass is 9.72. The van der Waals surface area contributed by atoms with Gasteiger partial charge < -0.3 is 20.9 Å². The first kappa shape index (κ1) is 23.5. The summed E-state index contributed by atoms with van der Waals surface area (Å²) in [7, 11) is 0. The fraction of sp³-hybridized carbons (Fsp3) is 0.273. The molecule has 4 N–H and O–H groups in total. The van der Waals surface area contributed by atoms with Crippen molar-refractivity contribution in [3.8, 4) is 23.0 Å². The molecule has 2 aliphatic carbocycles. The fourth-order valence-corrected chi connectivity index (χ4v) is 6.83. The van der Waals surface area contributed by atoms with E-state index < -0.39 is 0 Å². The van der Waals surface area contributed by atoms with Crippen molar-refractivity contribution in [2.24, 2.45) is 0 Å². The highest BCUT2D eigenvalue weighted by Gasteiger charge is 2.56. The van der Waals surface area contributed by atoms with Gasteiger partial charge in [0.05, 0.1) is 11.4 Å². The van der Waals surface area contributed by atoms with Crippen LogP contribution in [-0.4, -0.2) is 0 Å². The molecule has 0 heterocycles. The summed E-state index contributed by atoms with van der Waals surface area (Å²) in [4.78, 5) is 0. The molecule has 4 aromatic rings. The molecule has 2 aliphatic rings. The molecule has 0 aromatic heterocycles. The molecule has 4 heteroatoms. The van der Waals surface area contributed by atoms with E-state index in [1.54, 1.807) is 0 Å². The van der Waals surface area contributed by atoms with Crippen molar-refractivity contribution in [1.29, 1.82) is 0 Å². The van der Waals surface area contributed by atoms with Crippen molar-refractivity contribution in [1.82, 2.24) is 0 Å². The van der Waals surface area contributed by atoms with Gasteiger partial charge in [-0.05, 0) is 94.5 Å². The van der Waals surface area contributed by atoms with Gasteiger partial charge in [-0.2, -0.15) is 0 Å². The number of benzene rings is 4. The van der Waals surface area contributed by atoms with Crippen LogP contribution in [0.15, 0.2) is 84.9 Å². The van der Waals surface area contributed by atoms with E-state index in [-0.39, 0.29) is 16.2 Å². The number of hydrogen-bond donors (Lipinski definition) is 2. The number of ether oxygens (including phenoxy) is 2. The van der Waals surface area contributed by atoms with E-state index in [0.29, 0.717) is 22.9 Å². The third kappa shape index (κ3) is 3.74. The van der Waals surface area contributed by atoms with E-state index in [2.05, 4.69) is 64.1 Å². The van der Waals surface area contributed by atoms with Gasteiger partial charge in [0.2, 0.25) is 0 Å². The second kappa shape index (κ2) is 8.04. The summed E-state index contributed by atoms with van der Waals surface area (Å²) >= 11 is 0. The summed E-state index contributed by atoms with van der Waals surface area (Å²) in [5.74, 6) is 2.97. The van der Waals surface area contributed by atoms with Gasteiger partial charge in [-0.15, -0.1) is 0 Å². The van der Waals surface area contributed by atoms with Crippen LogP contribution in [0.1, 0.15) is 62.8 Å². The van der Waals surface area contributed by atoms with Gasteiger partial charge in [0.15, 0.2) is 0 Å². The molecular weight excluding hydrogens is 456 g/mol. The van der Waals surface area contributed by atoms with E-state index in [4.69, 9.17) is 20.9 Å². The van der Waals surface area contributed by atoms with Crippen molar-refractivity contribution in [2.45, 2.75) is 56.8 Å². The maximum atomic E-state index is 6.30. The summed E-state index contributed by atoms with van der Waals surface area (Å²) in [5, 5.41) is 0. The van der Waals surface area contributed by atoms with Gasteiger partial charge in [-0.25, -0.2) is 0 Å². The maximum Gasteiger partial charge on any atom is 0.150 e. The van der Waals surface area contributed by atoms with Crippen molar-refractivity contribution >= 4 is 11.4 Å². The smallest absolute Gasteiger partial charge is 0.150 e. The average molecular weight is 491 g/mol. The molecule has 0 fully saturated rings. The van der Waals surface area contributed by atoms with Gasteiger partial charge in [-0.3, -0.25) is 0 Å². The largest absolute Gasteiger partial charge is 0.455 e. The third-order valence-electron chi connectivity index (χ3n) is 8.25. The molecule has 0 atom stereocenters. The Morgan fingerprint density at radius 2 is 0.946 bits per heavy atom. The Balaban J connectivity index is 1.48. The Morgan fingerprint density at radius 1 is 0.541 bits per heavy atom. The summed E-state index contributed by atoms with van der Waals surface area (Å²) < 4.78 is 12.6. The maximum absolute atomic E-state index is 6.30. The summed E-state index contributed by atoms with van der Waals surface area (Å²) in [5.41, 5.74) is 19.0. The van der Waals surface area contributed by atoms with E-state index >= 15 is 0 Å². The molecule has 0 amide bonds. The highest BCUT2D eigenvalue weighted by atomic mass is 16.5. The Kier molecular flexibility index (Phi) is 5.10. The second-order valence-corrected chi connectivity index (χ2v) is 11.9. The highest BCUT2D eigenvalue weighted by molar-refractivity contribution is 5.63. The van der Waals surface area contributed by atoms with Crippen molar-refractivity contribution in [3.63, 3.8) is 0 Å². The summed E-state index contributed by atoms with van der Waals surface area (Å²) in [6, 6.07) is 28.4. The highest BCUT2D eigenvalue weighted by Crippen LogP contribution is 2.63. The molecule has 37 heavy (non-hydrogen) atoms. The lowest BCUT2D eigenvalue weighted by Gasteiger charge is -2.30. The predicted octanol–water partition coefficient (Wildman–Crippen LogP) is 8.08. The van der Waals surface area contributed by atoms with Crippen molar-refractivity contribution < 1.29 is 9.47 Å². The topological polar surface area (TPSA) is 70.5 Å². The van der Waals surface area contributed by atoms with E-state index in [1.165, 1.54) is 22.3 Å². The molecule has 1 spiro atoms. The average Bonchev–Trinajstić information content (AvgIpc) is 3.21. The number of hydrogen-bond acceptors (Lipinski definition) is 4. The molecule has 0 radical (unpaired) electrons. The van der Waals surface area contributed by atoms with Gasteiger partial charge in [-0.1, -0.05) is 64.1 Å². The summed E-state index contributed by atoms with van der Waals surface area (Å²) in [6.45, 7) is 9.41. The monoisotopic (exact) mass is 490 g/mol. The molecule has 0 bridgehead atoms. The normalized spacial score (nSPS) is 17.8. The lowest BCUT2D eigenvalue weighted by Crippen LogP contribution is -2.27. The third-order valence-corrected chi connectivity index (χ3v) is 8.25. The lowest BCUT2D eigenvalue weighted by molar-refractivity contribution is 0.349. The molecule has 0 saturated heterocycles. The molecule has 4 aromatic carbocycles. The van der Waals surface area contributed by atoms with Crippen molar-refractivity contribution in [2.75, 3.05) is 11.5 Å². The minimum absolute atomic E-state index is 0.0258. The number of anilines is 2. The zero-order valence-electron chi connectivity index (χ0n) is 22.0.